The molecule has 7 heteroatoms. The van der Waals surface area contributed by atoms with Crippen LogP contribution in [0.3, 0.4) is 0 Å². The van der Waals surface area contributed by atoms with Gasteiger partial charge < -0.3 is 13.3 Å². The summed E-state index contributed by atoms with van der Waals surface area (Å²) in [7, 11) is 3.18. The summed E-state index contributed by atoms with van der Waals surface area (Å²) in [6, 6.07) is 2.23. The van der Waals surface area contributed by atoms with E-state index < -0.39 is 29.3 Å². The Bertz CT molecular complexity index is 156. The van der Waals surface area contributed by atoms with Crippen LogP contribution < -0.4 is 0 Å². The third-order valence-corrected chi connectivity index (χ3v) is 8.93. The number of rotatable bonds is 7. The Labute approximate surface area is 86.4 Å². The smallest absolute Gasteiger partial charge is 0.166 e. The van der Waals surface area contributed by atoms with E-state index in [0.717, 1.165) is 0 Å². The van der Waals surface area contributed by atoms with E-state index in [1.54, 1.807) is 21.3 Å². The van der Waals surface area contributed by atoms with Gasteiger partial charge in [-0.1, -0.05) is 0 Å². The molecule has 13 heavy (non-hydrogen) atoms. The van der Waals surface area contributed by atoms with Crippen LogP contribution in [0.15, 0.2) is 0 Å². The maximum atomic E-state index is 8.73. The lowest BCUT2D eigenvalue weighted by atomic mass is 10.5. The third kappa shape index (κ3) is 4.70. The predicted octanol–water partition coefficient (Wildman–Crippen LogP) is -1.84. The van der Waals surface area contributed by atoms with Gasteiger partial charge in [0, 0.05) is 32.0 Å². The van der Waals surface area contributed by atoms with Gasteiger partial charge in [-0.25, -0.2) is 0 Å². The summed E-state index contributed by atoms with van der Waals surface area (Å²) >= 11 is 0. The molecule has 4 nitrogen and oxygen atoms in total. The van der Waals surface area contributed by atoms with Crippen molar-refractivity contribution in [2.24, 2.45) is 0 Å². The highest BCUT2D eigenvalue weighted by Crippen LogP contribution is 2.26. The Morgan fingerprint density at radius 2 is 1.46 bits per heavy atom. The summed E-state index contributed by atoms with van der Waals surface area (Å²) in [5, 5.41) is 8.73. The van der Waals surface area contributed by atoms with E-state index in [1.807, 2.05) is 0 Å². The van der Waals surface area contributed by atoms with E-state index in [-0.39, 0.29) is 4.28 Å². The summed E-state index contributed by atoms with van der Waals surface area (Å²) in [6.07, 6.45) is 0.563. The molecule has 0 saturated carbocycles. The Kier molecular flexibility index (Phi) is 7.44. The van der Waals surface area contributed by atoms with Gasteiger partial charge in [0.05, 0.1) is 6.07 Å². The maximum Gasteiger partial charge on any atom is 0.166 e. The molecule has 0 rings (SSSR count). The highest BCUT2D eigenvalue weighted by molar-refractivity contribution is 6.74. The second-order valence-corrected chi connectivity index (χ2v) is 13.2. The van der Waals surface area contributed by atoms with Crippen molar-refractivity contribution in [3.8, 4) is 6.07 Å². The van der Waals surface area contributed by atoms with Crippen molar-refractivity contribution in [3.63, 3.8) is 0 Å². The average Bonchev–Trinajstić information content (AvgIpc) is 2.06. The highest BCUT2D eigenvalue weighted by atomic mass is 28.4. The van der Waals surface area contributed by atoms with E-state index in [1.165, 1.54) is 0 Å². The zero-order chi connectivity index (χ0) is 10.2. The molecule has 0 aromatic rings. The van der Waals surface area contributed by atoms with Crippen molar-refractivity contribution < 1.29 is 13.3 Å². The van der Waals surface area contributed by atoms with Crippen molar-refractivity contribution in [2.75, 3.05) is 21.3 Å². The third-order valence-electron chi connectivity index (χ3n) is 1.81. The molecule has 0 aromatic heterocycles. The van der Waals surface area contributed by atoms with Crippen LogP contribution in [0.5, 0.6) is 0 Å². The molecular formula is C6H17NO3Si3. The molecule has 0 aromatic carbocycles. The summed E-state index contributed by atoms with van der Waals surface area (Å²) in [4.78, 5) is 0. The monoisotopic (exact) mass is 235 g/mol. The standard InChI is InChI=1S/C6H17NO3Si3/c1-8-11-6(4-5-7,12-9-2)13-10-3/h4,11-13H2,1-3H3. The van der Waals surface area contributed by atoms with Crippen molar-refractivity contribution in [3.05, 3.63) is 0 Å². The maximum absolute atomic E-state index is 8.73. The molecule has 76 valence electrons. The van der Waals surface area contributed by atoms with Gasteiger partial charge in [0.2, 0.25) is 0 Å². The molecule has 0 unspecified atom stereocenters. The Morgan fingerprint density at radius 1 is 1.08 bits per heavy atom. The molecule has 0 aliphatic rings. The van der Waals surface area contributed by atoms with Crippen LogP contribution in [0, 0.1) is 11.3 Å². The SMILES string of the molecule is CO[SiH2]C(CC#N)([SiH2]OC)[SiH2]OC. The van der Waals surface area contributed by atoms with Crippen LogP contribution in [0.1, 0.15) is 6.42 Å². The molecule has 0 saturated heterocycles. The van der Waals surface area contributed by atoms with Crippen molar-refractivity contribution >= 4 is 29.3 Å². The van der Waals surface area contributed by atoms with Gasteiger partial charge in [0.15, 0.2) is 29.3 Å². The van der Waals surface area contributed by atoms with Crippen LogP contribution in [0.25, 0.3) is 0 Å². The first-order valence-corrected chi connectivity index (χ1v) is 7.94. The van der Waals surface area contributed by atoms with E-state index in [4.69, 9.17) is 18.5 Å². The molecule has 0 amide bonds. The highest BCUT2D eigenvalue weighted by Gasteiger charge is 2.32. The molecule has 0 aliphatic heterocycles. The van der Waals surface area contributed by atoms with Crippen LogP contribution >= 0.6 is 0 Å². The van der Waals surface area contributed by atoms with Gasteiger partial charge in [0.25, 0.3) is 0 Å². The zero-order valence-corrected chi connectivity index (χ0v) is 12.7. The first-order chi connectivity index (χ1) is 6.24. The second kappa shape index (κ2) is 7.43. The Balaban J connectivity index is 4.29. The topological polar surface area (TPSA) is 51.5 Å². The molecular weight excluding hydrogens is 218 g/mol. The number of hydrogen-bond donors (Lipinski definition) is 0. The van der Waals surface area contributed by atoms with Gasteiger partial charge in [0.1, 0.15) is 0 Å². The normalized spacial score (nSPS) is 17.7. The zero-order valence-electron chi connectivity index (χ0n) is 8.50. The molecule has 0 fully saturated rings. The summed E-state index contributed by atoms with van der Waals surface area (Å²) in [6.45, 7) is 0. The average molecular weight is 235 g/mol. The predicted molar refractivity (Wildman–Crippen MR) is 59.6 cm³/mol. The fourth-order valence-electron chi connectivity index (χ4n) is 1.36. The van der Waals surface area contributed by atoms with Crippen LogP contribution in [0.2, 0.25) is 4.28 Å². The minimum absolute atomic E-state index is 0.0903. The number of nitrogens with zero attached hydrogens (tertiary/aromatic N) is 1. The lowest BCUT2D eigenvalue weighted by molar-refractivity contribution is 0.389. The van der Waals surface area contributed by atoms with Crippen molar-refractivity contribution in [2.45, 2.75) is 10.7 Å². The summed E-state index contributed by atoms with van der Waals surface area (Å²) < 4.78 is 15.9. The van der Waals surface area contributed by atoms with E-state index in [0.29, 0.717) is 6.42 Å². The van der Waals surface area contributed by atoms with Crippen LogP contribution in [-0.2, 0) is 13.3 Å². The Hall–Kier alpha value is 0.0206. The van der Waals surface area contributed by atoms with Crippen molar-refractivity contribution in [1.82, 2.24) is 0 Å². The molecule has 0 aliphatic carbocycles. The first kappa shape index (κ1) is 13.0. The molecule has 0 heterocycles. The molecule has 0 spiro atoms. The van der Waals surface area contributed by atoms with Crippen LogP contribution in [-0.4, -0.2) is 50.6 Å². The molecule has 0 radical (unpaired) electrons. The summed E-state index contributed by atoms with van der Waals surface area (Å²) in [5.41, 5.74) is 0. The van der Waals surface area contributed by atoms with Gasteiger partial charge >= 0.3 is 0 Å². The quantitative estimate of drug-likeness (QED) is 0.487. The largest absolute Gasteiger partial charge is 0.427 e. The molecule has 0 atom stereocenters. The molecule has 0 bridgehead atoms. The van der Waals surface area contributed by atoms with Crippen molar-refractivity contribution in [1.29, 1.82) is 5.26 Å². The number of hydrogen-bond acceptors (Lipinski definition) is 4. The van der Waals surface area contributed by atoms with Gasteiger partial charge in [-0.15, -0.1) is 0 Å². The first-order valence-electron chi connectivity index (χ1n) is 4.08. The minimum atomic E-state index is -0.653. The minimum Gasteiger partial charge on any atom is -0.427 e. The lowest BCUT2D eigenvalue weighted by Crippen LogP contribution is -2.36. The van der Waals surface area contributed by atoms with E-state index in [9.17, 15) is 0 Å². The van der Waals surface area contributed by atoms with E-state index in [2.05, 4.69) is 6.07 Å². The fraction of sp³-hybridized carbons (Fsp3) is 0.833. The lowest BCUT2D eigenvalue weighted by Gasteiger charge is -2.26. The fourth-order valence-corrected chi connectivity index (χ4v) is 8.52. The van der Waals surface area contributed by atoms with Gasteiger partial charge in [-0.05, 0) is 0 Å². The van der Waals surface area contributed by atoms with Crippen LogP contribution in [0.4, 0.5) is 0 Å². The second-order valence-electron chi connectivity index (χ2n) is 3.13. The van der Waals surface area contributed by atoms with E-state index >= 15 is 0 Å². The molecule has 0 N–H and O–H groups in total. The van der Waals surface area contributed by atoms with Gasteiger partial charge in [-0.3, -0.25) is 0 Å². The Morgan fingerprint density at radius 3 is 1.69 bits per heavy atom. The number of nitriles is 1. The van der Waals surface area contributed by atoms with Gasteiger partial charge in [-0.2, -0.15) is 5.26 Å². The summed E-state index contributed by atoms with van der Waals surface area (Å²) in [5.74, 6) is 0.